The number of hydrogen-bond acceptors (Lipinski definition) is 5. The third-order valence-corrected chi connectivity index (χ3v) is 6.07. The van der Waals surface area contributed by atoms with E-state index in [0.29, 0.717) is 28.5 Å². The summed E-state index contributed by atoms with van der Waals surface area (Å²) in [5.74, 6) is -0.753. The van der Waals surface area contributed by atoms with Crippen LogP contribution in [0.3, 0.4) is 0 Å². The van der Waals surface area contributed by atoms with E-state index in [1.807, 2.05) is 65.5 Å². The maximum atomic E-state index is 12.7. The zero-order valence-corrected chi connectivity index (χ0v) is 20.1. The van der Waals surface area contributed by atoms with Gasteiger partial charge in [-0.1, -0.05) is 30.3 Å². The second kappa shape index (κ2) is 9.98. The standard InChI is InChI=1S/C28H24N4O5/c1-2-37-24(33)17-32-25-22-14-21(10-8-19(22)9-11-23(25)30-27(35)28(32)36)31-13-12-18(16-31)15-29-26(34)20-6-4-3-5-7-20/h3-14,16H,2,15,17H2,1H3,(H,29,34)(H,30,35). The molecule has 0 unspecified atom stereocenters. The Labute approximate surface area is 210 Å². The number of H-pyrrole nitrogens is 1. The number of aromatic amines is 1. The number of carbonyl (C=O) groups is 2. The summed E-state index contributed by atoms with van der Waals surface area (Å²) in [5.41, 5.74) is 1.56. The molecule has 0 radical (unpaired) electrons. The summed E-state index contributed by atoms with van der Waals surface area (Å²) in [7, 11) is 0. The Kier molecular flexibility index (Phi) is 6.42. The molecule has 9 heteroatoms. The summed E-state index contributed by atoms with van der Waals surface area (Å²) in [6.45, 7) is 1.83. The van der Waals surface area contributed by atoms with Gasteiger partial charge in [0.1, 0.15) is 6.54 Å². The molecule has 0 saturated heterocycles. The molecule has 0 fully saturated rings. The van der Waals surface area contributed by atoms with Gasteiger partial charge < -0.3 is 19.6 Å². The fourth-order valence-corrected chi connectivity index (χ4v) is 4.31. The van der Waals surface area contributed by atoms with Gasteiger partial charge in [-0.05, 0) is 54.3 Å². The van der Waals surface area contributed by atoms with Crippen molar-refractivity contribution < 1.29 is 14.3 Å². The summed E-state index contributed by atoms with van der Waals surface area (Å²) < 4.78 is 8.09. The SMILES string of the molecule is CCOC(=O)Cn1c(=O)c(=O)[nH]c2ccc3ccc(-n4ccc(CNC(=O)c5ccccc5)c4)cc3c21. The topological polar surface area (TPSA) is 115 Å². The first-order valence-electron chi connectivity index (χ1n) is 11.8. The van der Waals surface area contributed by atoms with Crippen LogP contribution in [0.4, 0.5) is 0 Å². The fourth-order valence-electron chi connectivity index (χ4n) is 4.31. The third-order valence-electron chi connectivity index (χ3n) is 6.07. The highest BCUT2D eigenvalue weighted by Gasteiger charge is 2.15. The van der Waals surface area contributed by atoms with E-state index in [2.05, 4.69) is 10.3 Å². The highest BCUT2D eigenvalue weighted by atomic mass is 16.5. The normalized spacial score (nSPS) is 11.1. The smallest absolute Gasteiger partial charge is 0.326 e. The molecule has 0 atom stereocenters. The Morgan fingerprint density at radius 3 is 2.57 bits per heavy atom. The van der Waals surface area contributed by atoms with Crippen LogP contribution in [-0.4, -0.2) is 32.6 Å². The molecule has 9 nitrogen and oxygen atoms in total. The Balaban J connectivity index is 1.51. The van der Waals surface area contributed by atoms with Crippen LogP contribution >= 0.6 is 0 Å². The van der Waals surface area contributed by atoms with Crippen molar-refractivity contribution in [3.8, 4) is 5.69 Å². The number of aromatic nitrogens is 3. The Hall–Kier alpha value is -4.92. The van der Waals surface area contributed by atoms with Gasteiger partial charge in [-0.3, -0.25) is 23.7 Å². The van der Waals surface area contributed by atoms with Gasteiger partial charge in [0.25, 0.3) is 5.91 Å². The fraction of sp³-hybridized carbons (Fsp3) is 0.143. The molecule has 2 heterocycles. The van der Waals surface area contributed by atoms with E-state index in [1.54, 1.807) is 25.1 Å². The molecule has 0 aliphatic carbocycles. The van der Waals surface area contributed by atoms with Gasteiger partial charge in [-0.15, -0.1) is 0 Å². The number of rotatable bonds is 7. The van der Waals surface area contributed by atoms with Crippen LogP contribution in [0.5, 0.6) is 0 Å². The molecular formula is C28H24N4O5. The van der Waals surface area contributed by atoms with Gasteiger partial charge in [0.15, 0.2) is 0 Å². The average Bonchev–Trinajstić information content (AvgIpc) is 3.39. The zero-order chi connectivity index (χ0) is 25.9. The molecule has 0 bridgehead atoms. The number of nitrogens with zero attached hydrogens (tertiary/aromatic N) is 2. The number of benzene rings is 3. The molecule has 37 heavy (non-hydrogen) atoms. The molecule has 0 aliphatic heterocycles. The molecule has 0 aliphatic rings. The van der Waals surface area contributed by atoms with Crippen LogP contribution in [-0.2, 0) is 22.6 Å². The number of nitrogens with one attached hydrogen (secondary N) is 2. The van der Waals surface area contributed by atoms with Crippen LogP contribution in [0, 0.1) is 0 Å². The minimum atomic E-state index is -0.823. The lowest BCUT2D eigenvalue weighted by atomic mass is 10.1. The van der Waals surface area contributed by atoms with Crippen molar-refractivity contribution >= 4 is 33.7 Å². The van der Waals surface area contributed by atoms with Crippen molar-refractivity contribution in [2.45, 2.75) is 20.0 Å². The van der Waals surface area contributed by atoms with Gasteiger partial charge in [0.05, 0.1) is 17.6 Å². The molecule has 1 amide bonds. The first-order valence-corrected chi connectivity index (χ1v) is 11.8. The lowest BCUT2D eigenvalue weighted by molar-refractivity contribution is -0.143. The van der Waals surface area contributed by atoms with Crippen LogP contribution in [0.1, 0.15) is 22.8 Å². The second-order valence-electron chi connectivity index (χ2n) is 8.49. The number of amides is 1. The highest BCUT2D eigenvalue weighted by Crippen LogP contribution is 2.26. The average molecular weight is 497 g/mol. The largest absolute Gasteiger partial charge is 0.465 e. The summed E-state index contributed by atoms with van der Waals surface area (Å²) in [4.78, 5) is 52.2. The van der Waals surface area contributed by atoms with E-state index in [0.717, 1.165) is 16.6 Å². The number of esters is 1. The maximum absolute atomic E-state index is 12.7. The minimum absolute atomic E-state index is 0.154. The lowest BCUT2D eigenvalue weighted by Crippen LogP contribution is -2.38. The summed E-state index contributed by atoms with van der Waals surface area (Å²) in [6.07, 6.45) is 3.79. The van der Waals surface area contributed by atoms with Gasteiger partial charge in [0.2, 0.25) is 0 Å². The van der Waals surface area contributed by atoms with Crippen molar-refractivity contribution in [1.29, 1.82) is 0 Å². The summed E-state index contributed by atoms with van der Waals surface area (Å²) in [6, 6.07) is 20.2. The molecule has 3 aromatic carbocycles. The van der Waals surface area contributed by atoms with Gasteiger partial charge >= 0.3 is 17.1 Å². The second-order valence-corrected chi connectivity index (χ2v) is 8.49. The number of hydrogen-bond donors (Lipinski definition) is 2. The summed E-state index contributed by atoms with van der Waals surface area (Å²) >= 11 is 0. The first-order chi connectivity index (χ1) is 17.9. The third kappa shape index (κ3) is 4.79. The Morgan fingerprint density at radius 1 is 1.00 bits per heavy atom. The Bertz CT molecular complexity index is 1750. The van der Waals surface area contributed by atoms with E-state index in [9.17, 15) is 19.2 Å². The predicted octanol–water partition coefficient (Wildman–Crippen LogP) is 3.13. The van der Waals surface area contributed by atoms with E-state index < -0.39 is 17.1 Å². The number of fused-ring (bicyclic) bond motifs is 3. The van der Waals surface area contributed by atoms with Crippen molar-refractivity contribution in [3.63, 3.8) is 0 Å². The molecule has 2 aromatic heterocycles. The van der Waals surface area contributed by atoms with Gasteiger partial charge in [0, 0.05) is 35.6 Å². The monoisotopic (exact) mass is 496 g/mol. The molecule has 2 N–H and O–H groups in total. The minimum Gasteiger partial charge on any atom is -0.465 e. The first kappa shape index (κ1) is 23.8. The number of carbonyl (C=O) groups excluding carboxylic acids is 2. The molecular weight excluding hydrogens is 472 g/mol. The lowest BCUT2D eigenvalue weighted by Gasteiger charge is -2.13. The van der Waals surface area contributed by atoms with Crippen molar-refractivity contribution in [2.24, 2.45) is 0 Å². The van der Waals surface area contributed by atoms with E-state index in [1.165, 1.54) is 4.57 Å². The highest BCUT2D eigenvalue weighted by molar-refractivity contribution is 6.05. The van der Waals surface area contributed by atoms with Crippen molar-refractivity contribution in [2.75, 3.05) is 6.61 Å². The molecule has 5 aromatic rings. The maximum Gasteiger partial charge on any atom is 0.326 e. The van der Waals surface area contributed by atoms with E-state index >= 15 is 0 Å². The van der Waals surface area contributed by atoms with Crippen LogP contribution in [0.2, 0.25) is 0 Å². The molecule has 5 rings (SSSR count). The number of ether oxygens (including phenoxy) is 1. The Morgan fingerprint density at radius 2 is 1.78 bits per heavy atom. The van der Waals surface area contributed by atoms with Gasteiger partial charge in [-0.25, -0.2) is 0 Å². The zero-order valence-electron chi connectivity index (χ0n) is 20.1. The van der Waals surface area contributed by atoms with Crippen molar-refractivity contribution in [1.82, 2.24) is 19.4 Å². The van der Waals surface area contributed by atoms with Crippen LogP contribution in [0.15, 0.2) is 88.7 Å². The van der Waals surface area contributed by atoms with Crippen LogP contribution < -0.4 is 16.4 Å². The van der Waals surface area contributed by atoms with Gasteiger partial charge in [-0.2, -0.15) is 0 Å². The molecule has 186 valence electrons. The molecule has 0 spiro atoms. The van der Waals surface area contributed by atoms with E-state index in [4.69, 9.17) is 4.74 Å². The molecule has 0 saturated carbocycles. The summed E-state index contributed by atoms with van der Waals surface area (Å²) in [5, 5.41) is 4.44. The van der Waals surface area contributed by atoms with Crippen molar-refractivity contribution in [3.05, 3.63) is 111 Å². The predicted molar refractivity (Wildman–Crippen MR) is 140 cm³/mol. The van der Waals surface area contributed by atoms with Crippen LogP contribution in [0.25, 0.3) is 27.5 Å². The van der Waals surface area contributed by atoms with E-state index in [-0.39, 0.29) is 19.1 Å². The quantitative estimate of drug-likeness (QED) is 0.204.